The van der Waals surface area contributed by atoms with Crippen LogP contribution in [-0.4, -0.2) is 32.6 Å². The van der Waals surface area contributed by atoms with Gasteiger partial charge in [-0.1, -0.05) is 6.07 Å². The second-order valence-corrected chi connectivity index (χ2v) is 8.67. The third-order valence-corrected chi connectivity index (χ3v) is 5.75. The van der Waals surface area contributed by atoms with Gasteiger partial charge in [0.1, 0.15) is 23.7 Å². The number of amides is 1. The molecular weight excluding hydrogens is 389 g/mol. The van der Waals surface area contributed by atoms with E-state index in [1.807, 2.05) is 0 Å². The summed E-state index contributed by atoms with van der Waals surface area (Å²) in [5.41, 5.74) is -1.17. The number of hydrogen-bond acceptors (Lipinski definition) is 6. The van der Waals surface area contributed by atoms with Crippen molar-refractivity contribution in [3.8, 4) is 17.6 Å². The van der Waals surface area contributed by atoms with Crippen LogP contribution in [0.25, 0.3) is 10.8 Å². The van der Waals surface area contributed by atoms with E-state index in [4.69, 9.17) is 10.00 Å². The van der Waals surface area contributed by atoms with Crippen LogP contribution in [0.1, 0.15) is 20.3 Å². The minimum Gasteiger partial charge on any atom is -0.506 e. The van der Waals surface area contributed by atoms with Crippen LogP contribution in [0.3, 0.4) is 0 Å². The SMILES string of the molecule is CC(C)(C#N)CCOc1ccc2cc(O)c(N3CC(=O)NS3(=O)=O)c(F)c2c1. The van der Waals surface area contributed by atoms with Crippen molar-refractivity contribution >= 4 is 32.6 Å². The number of nitrogens with one attached hydrogen (secondary N) is 1. The van der Waals surface area contributed by atoms with Crippen LogP contribution in [0.2, 0.25) is 0 Å². The Hall–Kier alpha value is -3.06. The first kappa shape index (κ1) is 19.7. The van der Waals surface area contributed by atoms with Crippen molar-refractivity contribution < 1.29 is 27.4 Å². The summed E-state index contributed by atoms with van der Waals surface area (Å²) in [6.07, 6.45) is 0.463. The molecule has 1 aliphatic heterocycles. The van der Waals surface area contributed by atoms with Gasteiger partial charge in [0.25, 0.3) is 5.91 Å². The molecule has 148 valence electrons. The van der Waals surface area contributed by atoms with Gasteiger partial charge in [0.05, 0.1) is 18.1 Å². The molecule has 2 aromatic carbocycles. The Morgan fingerprint density at radius 3 is 2.71 bits per heavy atom. The molecule has 1 fully saturated rings. The van der Waals surface area contributed by atoms with E-state index in [0.717, 1.165) is 0 Å². The van der Waals surface area contributed by atoms with E-state index >= 15 is 4.39 Å². The van der Waals surface area contributed by atoms with Gasteiger partial charge >= 0.3 is 10.2 Å². The lowest BCUT2D eigenvalue weighted by Gasteiger charge is -2.19. The number of fused-ring (bicyclic) bond motifs is 1. The Kier molecular flexibility index (Phi) is 4.81. The van der Waals surface area contributed by atoms with Gasteiger partial charge in [-0.3, -0.25) is 4.79 Å². The molecule has 1 saturated heterocycles. The molecule has 10 heteroatoms. The highest BCUT2D eigenvalue weighted by atomic mass is 32.2. The summed E-state index contributed by atoms with van der Waals surface area (Å²) in [4.78, 5) is 11.4. The van der Waals surface area contributed by atoms with Crippen LogP contribution in [0.15, 0.2) is 24.3 Å². The maximum atomic E-state index is 15.1. The predicted octanol–water partition coefficient (Wildman–Crippen LogP) is 2.18. The molecule has 0 unspecified atom stereocenters. The number of nitrogens with zero attached hydrogens (tertiary/aromatic N) is 2. The maximum Gasteiger partial charge on any atom is 0.326 e. The van der Waals surface area contributed by atoms with E-state index in [-0.39, 0.29) is 12.0 Å². The molecule has 0 radical (unpaired) electrons. The van der Waals surface area contributed by atoms with Gasteiger partial charge in [-0.05, 0) is 43.9 Å². The van der Waals surface area contributed by atoms with Crippen molar-refractivity contribution in [3.05, 3.63) is 30.1 Å². The number of hydrogen-bond donors (Lipinski definition) is 2. The summed E-state index contributed by atoms with van der Waals surface area (Å²) in [5, 5.41) is 19.5. The van der Waals surface area contributed by atoms with Gasteiger partial charge in [0.15, 0.2) is 5.82 Å². The molecule has 8 nitrogen and oxygen atoms in total. The molecule has 0 atom stereocenters. The molecule has 2 N–H and O–H groups in total. The molecular formula is C18H18FN3O5S. The largest absolute Gasteiger partial charge is 0.506 e. The monoisotopic (exact) mass is 407 g/mol. The van der Waals surface area contributed by atoms with E-state index in [2.05, 4.69) is 6.07 Å². The van der Waals surface area contributed by atoms with Crippen molar-refractivity contribution in [2.75, 3.05) is 17.5 Å². The maximum absolute atomic E-state index is 15.1. The highest BCUT2D eigenvalue weighted by molar-refractivity contribution is 7.92. The van der Waals surface area contributed by atoms with Gasteiger partial charge < -0.3 is 9.84 Å². The molecule has 0 saturated carbocycles. The normalized spacial score (nSPS) is 16.1. The number of carbonyl (C=O) groups excluding carboxylic acids is 1. The average Bonchev–Trinajstić information content (AvgIpc) is 2.87. The van der Waals surface area contributed by atoms with Crippen molar-refractivity contribution in [3.63, 3.8) is 0 Å². The van der Waals surface area contributed by atoms with Crippen molar-refractivity contribution in [2.45, 2.75) is 20.3 Å². The highest BCUT2D eigenvalue weighted by Gasteiger charge is 2.37. The highest BCUT2D eigenvalue weighted by Crippen LogP contribution is 2.39. The lowest BCUT2D eigenvalue weighted by atomic mass is 9.92. The van der Waals surface area contributed by atoms with Crippen molar-refractivity contribution in [1.82, 2.24) is 4.72 Å². The first-order valence-electron chi connectivity index (χ1n) is 8.37. The number of benzene rings is 2. The average molecular weight is 407 g/mol. The van der Waals surface area contributed by atoms with Crippen LogP contribution in [0.4, 0.5) is 10.1 Å². The quantitative estimate of drug-likeness (QED) is 0.784. The predicted molar refractivity (Wildman–Crippen MR) is 99.5 cm³/mol. The fourth-order valence-electron chi connectivity index (χ4n) is 2.76. The van der Waals surface area contributed by atoms with Crippen LogP contribution >= 0.6 is 0 Å². The van der Waals surface area contributed by atoms with E-state index in [9.17, 15) is 18.3 Å². The summed E-state index contributed by atoms with van der Waals surface area (Å²) in [6, 6.07) is 7.86. The third-order valence-electron chi connectivity index (χ3n) is 4.37. The number of carbonyl (C=O) groups is 1. The van der Waals surface area contributed by atoms with E-state index in [0.29, 0.717) is 21.9 Å². The second-order valence-electron chi connectivity index (χ2n) is 7.07. The Bertz CT molecular complexity index is 1110. The molecule has 0 aliphatic carbocycles. The van der Waals surface area contributed by atoms with Gasteiger partial charge in [-0.15, -0.1) is 0 Å². The third kappa shape index (κ3) is 3.66. The number of ether oxygens (including phenoxy) is 1. The first-order valence-corrected chi connectivity index (χ1v) is 9.81. The molecule has 1 heterocycles. The van der Waals surface area contributed by atoms with E-state index in [1.54, 1.807) is 24.6 Å². The molecule has 2 aromatic rings. The summed E-state index contributed by atoms with van der Waals surface area (Å²) < 4.78 is 46.9. The van der Waals surface area contributed by atoms with Crippen LogP contribution in [-0.2, 0) is 15.0 Å². The number of aromatic hydroxyl groups is 1. The standard InChI is InChI=1S/C18H18FN3O5S/c1-18(2,10-20)5-6-27-12-4-3-11-7-14(23)17(16(19)13(11)8-12)22-9-15(24)21-28(22,25)26/h3-4,7-8,23H,5-6,9H2,1-2H3,(H,21,24). The van der Waals surface area contributed by atoms with Gasteiger partial charge in [-0.25, -0.2) is 13.4 Å². The van der Waals surface area contributed by atoms with E-state index in [1.165, 1.54) is 18.2 Å². The van der Waals surface area contributed by atoms with E-state index < -0.39 is 45.3 Å². The zero-order chi connectivity index (χ0) is 20.7. The summed E-state index contributed by atoms with van der Waals surface area (Å²) in [7, 11) is -4.27. The Labute approximate surface area is 161 Å². The number of anilines is 1. The van der Waals surface area contributed by atoms with Crippen LogP contribution in [0.5, 0.6) is 11.5 Å². The van der Waals surface area contributed by atoms with Gasteiger partial charge in [-0.2, -0.15) is 13.7 Å². The first-order chi connectivity index (χ1) is 13.0. The molecule has 0 aromatic heterocycles. The molecule has 0 spiro atoms. The number of phenolic OH excluding ortho intramolecular Hbond substituents is 1. The number of nitriles is 1. The van der Waals surface area contributed by atoms with Gasteiger partial charge in [0.2, 0.25) is 0 Å². The number of halogens is 1. The molecule has 1 aliphatic rings. The summed E-state index contributed by atoms with van der Waals surface area (Å²) in [5.74, 6) is -2.08. The summed E-state index contributed by atoms with van der Waals surface area (Å²) in [6.45, 7) is 3.16. The lowest BCUT2D eigenvalue weighted by Crippen LogP contribution is -2.30. The molecule has 3 rings (SSSR count). The van der Waals surface area contributed by atoms with Crippen molar-refractivity contribution in [1.29, 1.82) is 5.26 Å². The second kappa shape index (κ2) is 6.83. The molecule has 1 amide bonds. The fraction of sp³-hybridized carbons (Fsp3) is 0.333. The smallest absolute Gasteiger partial charge is 0.326 e. The van der Waals surface area contributed by atoms with Crippen LogP contribution in [0, 0.1) is 22.6 Å². The Morgan fingerprint density at radius 2 is 2.11 bits per heavy atom. The van der Waals surface area contributed by atoms with Crippen LogP contribution < -0.4 is 13.8 Å². The van der Waals surface area contributed by atoms with Gasteiger partial charge in [0, 0.05) is 5.39 Å². The Morgan fingerprint density at radius 1 is 1.39 bits per heavy atom. The summed E-state index contributed by atoms with van der Waals surface area (Å²) >= 11 is 0. The molecule has 0 bridgehead atoms. The topological polar surface area (TPSA) is 120 Å². The zero-order valence-electron chi connectivity index (χ0n) is 15.2. The number of rotatable bonds is 5. The molecule has 28 heavy (non-hydrogen) atoms. The zero-order valence-corrected chi connectivity index (χ0v) is 16.0. The fourth-order valence-corrected chi connectivity index (χ4v) is 3.92. The lowest BCUT2D eigenvalue weighted by molar-refractivity contribution is -0.117. The minimum absolute atomic E-state index is 0.0272. The minimum atomic E-state index is -4.27. The Balaban J connectivity index is 1.97. The van der Waals surface area contributed by atoms with Crippen molar-refractivity contribution in [2.24, 2.45) is 5.41 Å². The number of phenols is 1.